The third kappa shape index (κ3) is 3.26. The highest BCUT2D eigenvalue weighted by atomic mass is 19.1. The van der Waals surface area contributed by atoms with Crippen LogP contribution in [0.25, 0.3) is 5.69 Å². The van der Waals surface area contributed by atoms with Crippen molar-refractivity contribution >= 4 is 11.6 Å². The number of aryl methyl sites for hydroxylation is 1. The van der Waals surface area contributed by atoms with E-state index in [2.05, 4.69) is 41.2 Å². The SMILES string of the molecule is Cc1cccc(N2CCN(C(=O)c3nn(-c4ccccc4F)c4c3CCC4)CC2)c1. The van der Waals surface area contributed by atoms with Crippen molar-refractivity contribution in [3.63, 3.8) is 0 Å². The average molecular weight is 404 g/mol. The smallest absolute Gasteiger partial charge is 0.274 e. The number of carbonyl (C=O) groups is 1. The Hall–Kier alpha value is -3.15. The summed E-state index contributed by atoms with van der Waals surface area (Å²) < 4.78 is 16.0. The van der Waals surface area contributed by atoms with Crippen molar-refractivity contribution in [2.24, 2.45) is 0 Å². The molecule has 2 heterocycles. The van der Waals surface area contributed by atoms with Gasteiger partial charge in [-0.1, -0.05) is 24.3 Å². The van der Waals surface area contributed by atoms with Gasteiger partial charge in [0.15, 0.2) is 5.69 Å². The molecule has 0 saturated carbocycles. The molecule has 0 spiro atoms. The van der Waals surface area contributed by atoms with E-state index < -0.39 is 0 Å². The second-order valence-electron chi connectivity index (χ2n) is 8.11. The molecular formula is C24H25FN4O. The van der Waals surface area contributed by atoms with Gasteiger partial charge in [-0.2, -0.15) is 5.10 Å². The fraction of sp³-hybridized carbons (Fsp3) is 0.333. The third-order valence-electron chi connectivity index (χ3n) is 6.15. The lowest BCUT2D eigenvalue weighted by Crippen LogP contribution is -2.49. The summed E-state index contributed by atoms with van der Waals surface area (Å²) in [4.78, 5) is 17.5. The summed E-state index contributed by atoms with van der Waals surface area (Å²) in [6, 6.07) is 15.1. The lowest BCUT2D eigenvalue weighted by molar-refractivity contribution is 0.0739. The maximum Gasteiger partial charge on any atom is 0.274 e. The predicted molar refractivity (Wildman–Crippen MR) is 115 cm³/mol. The molecule has 30 heavy (non-hydrogen) atoms. The van der Waals surface area contributed by atoms with Gasteiger partial charge in [-0.3, -0.25) is 4.79 Å². The zero-order valence-electron chi connectivity index (χ0n) is 17.1. The van der Waals surface area contributed by atoms with Crippen LogP contribution >= 0.6 is 0 Å². The second kappa shape index (κ2) is 7.59. The summed E-state index contributed by atoms with van der Waals surface area (Å²) >= 11 is 0. The largest absolute Gasteiger partial charge is 0.368 e. The number of piperazine rings is 1. The van der Waals surface area contributed by atoms with Crippen LogP contribution in [0.15, 0.2) is 48.5 Å². The molecule has 5 rings (SSSR count). The molecule has 154 valence electrons. The number of anilines is 1. The number of hydrogen-bond acceptors (Lipinski definition) is 3. The van der Waals surface area contributed by atoms with Crippen LogP contribution in [0.2, 0.25) is 0 Å². The number of benzene rings is 2. The van der Waals surface area contributed by atoms with Crippen molar-refractivity contribution in [1.29, 1.82) is 0 Å². The van der Waals surface area contributed by atoms with Gasteiger partial charge >= 0.3 is 0 Å². The number of amides is 1. The van der Waals surface area contributed by atoms with Crippen molar-refractivity contribution in [1.82, 2.24) is 14.7 Å². The van der Waals surface area contributed by atoms with Crippen molar-refractivity contribution in [2.45, 2.75) is 26.2 Å². The van der Waals surface area contributed by atoms with E-state index in [1.807, 2.05) is 4.90 Å². The Kier molecular flexibility index (Phi) is 4.77. The van der Waals surface area contributed by atoms with Crippen molar-refractivity contribution in [3.05, 3.63) is 76.9 Å². The Morgan fingerprint density at radius 3 is 2.57 bits per heavy atom. The molecular weight excluding hydrogens is 379 g/mol. The highest BCUT2D eigenvalue weighted by Crippen LogP contribution is 2.30. The summed E-state index contributed by atoms with van der Waals surface area (Å²) in [7, 11) is 0. The maximum atomic E-state index is 14.4. The molecule has 0 unspecified atom stereocenters. The fourth-order valence-electron chi connectivity index (χ4n) is 4.57. The monoisotopic (exact) mass is 404 g/mol. The molecule has 1 amide bonds. The predicted octanol–water partition coefficient (Wildman–Crippen LogP) is 3.77. The molecule has 2 aliphatic rings. The van der Waals surface area contributed by atoms with Crippen molar-refractivity contribution < 1.29 is 9.18 Å². The van der Waals surface area contributed by atoms with E-state index in [1.165, 1.54) is 17.3 Å². The molecule has 1 aliphatic heterocycles. The maximum absolute atomic E-state index is 14.4. The number of para-hydroxylation sites is 1. The van der Waals surface area contributed by atoms with Crippen LogP contribution in [0, 0.1) is 12.7 Å². The van der Waals surface area contributed by atoms with Crippen LogP contribution in [0.3, 0.4) is 0 Å². The normalized spacial score (nSPS) is 16.1. The first kappa shape index (κ1) is 18.9. The van der Waals surface area contributed by atoms with Crippen LogP contribution in [0.4, 0.5) is 10.1 Å². The standard InChI is InChI=1S/C24H25FN4O/c1-17-6-4-7-18(16-17)27-12-14-28(15-13-27)24(30)23-19-8-5-11-21(19)29(26-23)22-10-3-2-9-20(22)25/h2-4,6-7,9-10,16H,5,8,11-15H2,1H3. The van der Waals surface area contributed by atoms with Gasteiger partial charge in [0.05, 0.1) is 0 Å². The van der Waals surface area contributed by atoms with Gasteiger partial charge in [-0.15, -0.1) is 0 Å². The van der Waals surface area contributed by atoms with E-state index in [-0.39, 0.29) is 11.7 Å². The lowest BCUT2D eigenvalue weighted by atomic mass is 10.1. The van der Waals surface area contributed by atoms with E-state index in [4.69, 9.17) is 0 Å². The van der Waals surface area contributed by atoms with Gasteiger partial charge in [-0.25, -0.2) is 9.07 Å². The van der Waals surface area contributed by atoms with Gasteiger partial charge in [0, 0.05) is 43.1 Å². The number of aromatic nitrogens is 2. The Bertz CT molecular complexity index is 1100. The topological polar surface area (TPSA) is 41.4 Å². The highest BCUT2D eigenvalue weighted by molar-refractivity contribution is 5.94. The van der Waals surface area contributed by atoms with Gasteiger partial charge in [0.1, 0.15) is 11.5 Å². The van der Waals surface area contributed by atoms with Gasteiger partial charge in [-0.05, 0) is 56.0 Å². The molecule has 0 bridgehead atoms. The van der Waals surface area contributed by atoms with Crippen molar-refractivity contribution in [2.75, 3.05) is 31.1 Å². The zero-order valence-corrected chi connectivity index (χ0v) is 17.1. The summed E-state index contributed by atoms with van der Waals surface area (Å²) in [6.07, 6.45) is 2.63. The number of fused-ring (bicyclic) bond motifs is 1. The van der Waals surface area contributed by atoms with E-state index in [9.17, 15) is 9.18 Å². The molecule has 1 aliphatic carbocycles. The number of carbonyl (C=O) groups excluding carboxylic acids is 1. The summed E-state index contributed by atoms with van der Waals surface area (Å²) in [6.45, 7) is 5.01. The fourth-order valence-corrected chi connectivity index (χ4v) is 4.57. The van der Waals surface area contributed by atoms with Gasteiger partial charge in [0.25, 0.3) is 5.91 Å². The second-order valence-corrected chi connectivity index (χ2v) is 8.11. The third-order valence-corrected chi connectivity index (χ3v) is 6.15. The van der Waals surface area contributed by atoms with Gasteiger partial charge < -0.3 is 9.80 Å². The van der Waals surface area contributed by atoms with Crippen molar-refractivity contribution in [3.8, 4) is 5.69 Å². The Labute approximate surface area is 175 Å². The Morgan fingerprint density at radius 2 is 1.80 bits per heavy atom. The van der Waals surface area contributed by atoms with Crippen LogP contribution in [-0.2, 0) is 12.8 Å². The molecule has 3 aromatic rings. The van der Waals surface area contributed by atoms with Crippen LogP contribution in [0.5, 0.6) is 0 Å². The first-order valence-electron chi connectivity index (χ1n) is 10.6. The first-order valence-corrected chi connectivity index (χ1v) is 10.6. The summed E-state index contributed by atoms with van der Waals surface area (Å²) in [5, 5.41) is 4.60. The number of halogens is 1. The average Bonchev–Trinajstić information content (AvgIpc) is 3.37. The molecule has 1 fully saturated rings. The van der Waals surface area contributed by atoms with E-state index in [1.54, 1.807) is 22.9 Å². The molecule has 6 heteroatoms. The quantitative estimate of drug-likeness (QED) is 0.667. The lowest BCUT2D eigenvalue weighted by Gasteiger charge is -2.36. The number of nitrogens with zero attached hydrogens (tertiary/aromatic N) is 4. The Balaban J connectivity index is 1.38. The Morgan fingerprint density at radius 1 is 1.00 bits per heavy atom. The minimum absolute atomic E-state index is 0.0351. The van der Waals surface area contributed by atoms with E-state index in [0.717, 1.165) is 43.6 Å². The molecule has 0 atom stereocenters. The van der Waals surface area contributed by atoms with Gasteiger partial charge in [0.2, 0.25) is 0 Å². The van der Waals surface area contributed by atoms with E-state index in [0.29, 0.717) is 24.5 Å². The molecule has 1 aromatic heterocycles. The minimum Gasteiger partial charge on any atom is -0.368 e. The summed E-state index contributed by atoms with van der Waals surface area (Å²) in [5.41, 5.74) is 5.31. The molecule has 5 nitrogen and oxygen atoms in total. The van der Waals surface area contributed by atoms with Crippen LogP contribution in [0.1, 0.15) is 33.7 Å². The number of hydrogen-bond donors (Lipinski definition) is 0. The highest BCUT2D eigenvalue weighted by Gasteiger charge is 2.31. The molecule has 0 N–H and O–H groups in total. The molecule has 0 radical (unpaired) electrons. The zero-order chi connectivity index (χ0) is 20.7. The number of rotatable bonds is 3. The minimum atomic E-state index is -0.319. The molecule has 2 aromatic carbocycles. The van der Waals surface area contributed by atoms with Crippen LogP contribution in [-0.4, -0.2) is 46.8 Å². The molecule has 1 saturated heterocycles. The summed E-state index contributed by atoms with van der Waals surface area (Å²) in [5.74, 6) is -0.354. The van der Waals surface area contributed by atoms with E-state index >= 15 is 0 Å². The van der Waals surface area contributed by atoms with Crippen LogP contribution < -0.4 is 4.90 Å². The first-order chi connectivity index (χ1) is 14.6.